The summed E-state index contributed by atoms with van der Waals surface area (Å²) >= 11 is 5.97. The number of ether oxygens (including phenoxy) is 1. The van der Waals surface area contributed by atoms with Gasteiger partial charge in [-0.1, -0.05) is 11.6 Å². The number of carbonyl (C=O) groups is 2. The summed E-state index contributed by atoms with van der Waals surface area (Å²) in [6.45, 7) is 3.28. The molecule has 1 fully saturated rings. The third-order valence-corrected chi connectivity index (χ3v) is 5.34. The van der Waals surface area contributed by atoms with Gasteiger partial charge in [0.05, 0.1) is 5.69 Å². The number of halogens is 1. The molecule has 1 aromatic heterocycles. The van der Waals surface area contributed by atoms with Crippen molar-refractivity contribution in [1.82, 2.24) is 4.98 Å². The first-order chi connectivity index (χ1) is 13.0. The Balaban J connectivity index is 1.44. The maximum atomic E-state index is 12.9. The molecule has 0 spiro atoms. The predicted octanol–water partition coefficient (Wildman–Crippen LogP) is 3.55. The number of benzene rings is 1. The molecular formula is C20H20ClN3O3. The van der Waals surface area contributed by atoms with Crippen molar-refractivity contribution in [1.29, 1.82) is 0 Å². The first-order valence-corrected chi connectivity index (χ1v) is 9.41. The van der Waals surface area contributed by atoms with Crippen molar-refractivity contribution in [2.24, 2.45) is 5.92 Å². The highest BCUT2D eigenvalue weighted by Crippen LogP contribution is 2.33. The summed E-state index contributed by atoms with van der Waals surface area (Å²) in [5.74, 6) is 0.480. The molecule has 1 amide bonds. The molecule has 0 radical (unpaired) electrons. The molecule has 1 unspecified atom stereocenters. The molecule has 1 saturated heterocycles. The van der Waals surface area contributed by atoms with Gasteiger partial charge in [0.15, 0.2) is 11.9 Å². The highest BCUT2D eigenvalue weighted by atomic mass is 35.5. The van der Waals surface area contributed by atoms with Crippen LogP contribution in [-0.2, 0) is 4.79 Å². The quantitative estimate of drug-likeness (QED) is 0.646. The summed E-state index contributed by atoms with van der Waals surface area (Å²) in [6.07, 6.45) is 2.72. The lowest BCUT2D eigenvalue weighted by Crippen LogP contribution is -2.36. The fourth-order valence-electron chi connectivity index (χ4n) is 3.59. The Hall–Kier alpha value is -2.60. The normalized spacial score (nSPS) is 19.9. The number of pyridine rings is 1. The molecule has 3 heterocycles. The highest BCUT2D eigenvalue weighted by Gasteiger charge is 2.28. The van der Waals surface area contributed by atoms with Gasteiger partial charge in [0.1, 0.15) is 10.9 Å². The van der Waals surface area contributed by atoms with Gasteiger partial charge in [-0.15, -0.1) is 0 Å². The zero-order chi connectivity index (χ0) is 19.0. The summed E-state index contributed by atoms with van der Waals surface area (Å²) < 4.78 is 5.55. The number of piperidine rings is 1. The van der Waals surface area contributed by atoms with Crippen LogP contribution >= 0.6 is 11.6 Å². The van der Waals surface area contributed by atoms with E-state index in [1.165, 1.54) is 0 Å². The molecular weight excluding hydrogens is 366 g/mol. The number of hydrogen-bond acceptors (Lipinski definition) is 5. The molecule has 1 atom stereocenters. The minimum Gasteiger partial charge on any atom is -0.479 e. The average molecular weight is 386 g/mol. The smallest absolute Gasteiger partial charge is 0.265 e. The first-order valence-electron chi connectivity index (χ1n) is 9.03. The molecule has 140 valence electrons. The van der Waals surface area contributed by atoms with E-state index in [9.17, 15) is 9.59 Å². The number of amides is 1. The van der Waals surface area contributed by atoms with Crippen LogP contribution in [0.3, 0.4) is 0 Å². The summed E-state index contributed by atoms with van der Waals surface area (Å²) in [5, 5.41) is 3.27. The molecule has 1 N–H and O–H groups in total. The molecule has 7 heteroatoms. The zero-order valence-corrected chi connectivity index (χ0v) is 15.7. The summed E-state index contributed by atoms with van der Waals surface area (Å²) in [7, 11) is 0. The van der Waals surface area contributed by atoms with Crippen molar-refractivity contribution in [2.45, 2.75) is 25.9 Å². The number of ketones is 1. The lowest BCUT2D eigenvalue weighted by Gasteiger charge is -2.33. The number of aromatic nitrogens is 1. The number of hydrogen-bond donors (Lipinski definition) is 1. The van der Waals surface area contributed by atoms with E-state index < -0.39 is 6.10 Å². The van der Waals surface area contributed by atoms with Gasteiger partial charge < -0.3 is 15.0 Å². The van der Waals surface area contributed by atoms with E-state index in [4.69, 9.17) is 16.3 Å². The van der Waals surface area contributed by atoms with Gasteiger partial charge in [0, 0.05) is 36.5 Å². The molecule has 0 aliphatic carbocycles. The van der Waals surface area contributed by atoms with E-state index in [-0.39, 0.29) is 17.6 Å². The van der Waals surface area contributed by atoms with Gasteiger partial charge >= 0.3 is 0 Å². The Kier molecular flexibility index (Phi) is 4.74. The lowest BCUT2D eigenvalue weighted by atomic mass is 9.88. The van der Waals surface area contributed by atoms with Crippen LogP contribution in [-0.4, -0.2) is 35.9 Å². The third-order valence-electron chi connectivity index (χ3n) is 5.14. The van der Waals surface area contributed by atoms with Gasteiger partial charge in [0.25, 0.3) is 5.91 Å². The van der Waals surface area contributed by atoms with Gasteiger partial charge in [-0.25, -0.2) is 4.98 Å². The highest BCUT2D eigenvalue weighted by molar-refractivity contribution is 6.29. The van der Waals surface area contributed by atoms with Crippen LogP contribution in [0.15, 0.2) is 36.5 Å². The van der Waals surface area contributed by atoms with Crippen LogP contribution in [0.2, 0.25) is 5.15 Å². The number of rotatable bonds is 3. The van der Waals surface area contributed by atoms with Crippen molar-refractivity contribution in [3.05, 3.63) is 47.2 Å². The zero-order valence-electron chi connectivity index (χ0n) is 14.9. The van der Waals surface area contributed by atoms with Gasteiger partial charge in [-0.3, -0.25) is 9.59 Å². The molecule has 0 saturated carbocycles. The van der Waals surface area contributed by atoms with Crippen LogP contribution in [0.25, 0.3) is 0 Å². The number of Topliss-reactive ketones (excluding diaryl/α,β-unsaturated/α-hetero) is 1. The van der Waals surface area contributed by atoms with Crippen molar-refractivity contribution in [2.75, 3.05) is 23.3 Å². The van der Waals surface area contributed by atoms with Gasteiger partial charge in [-0.2, -0.15) is 0 Å². The second kappa shape index (κ2) is 7.19. The maximum Gasteiger partial charge on any atom is 0.265 e. The summed E-state index contributed by atoms with van der Waals surface area (Å²) in [4.78, 5) is 30.9. The van der Waals surface area contributed by atoms with Gasteiger partial charge in [-0.05, 0) is 50.1 Å². The molecule has 27 heavy (non-hydrogen) atoms. The Morgan fingerprint density at radius 2 is 2.04 bits per heavy atom. The Bertz CT molecular complexity index is 894. The van der Waals surface area contributed by atoms with Crippen LogP contribution in [0, 0.1) is 5.92 Å². The standard InChI is InChI=1S/C20H20ClN3O3/c1-12-20(26)23-16-10-14(2-3-17(16)27-12)19(25)13-5-8-24(9-6-13)15-4-7-22-18(21)11-15/h2-4,7,10-13H,5-6,8-9H2,1H3,(H,23,26). The molecule has 4 rings (SSSR count). The van der Waals surface area contributed by atoms with E-state index >= 15 is 0 Å². The fourth-order valence-corrected chi connectivity index (χ4v) is 3.75. The molecule has 1 aromatic carbocycles. The molecule has 2 aromatic rings. The van der Waals surface area contributed by atoms with Gasteiger partial charge in [0.2, 0.25) is 0 Å². The Morgan fingerprint density at radius 1 is 1.26 bits per heavy atom. The monoisotopic (exact) mass is 385 g/mol. The number of nitrogens with zero attached hydrogens (tertiary/aromatic N) is 2. The molecule has 0 bridgehead atoms. The minimum atomic E-state index is -0.523. The number of anilines is 2. The Morgan fingerprint density at radius 3 is 2.78 bits per heavy atom. The number of carbonyl (C=O) groups excluding carboxylic acids is 2. The van der Waals surface area contributed by atoms with E-state index in [1.54, 1.807) is 31.3 Å². The SMILES string of the molecule is CC1Oc2ccc(C(=O)C3CCN(c4ccnc(Cl)c4)CC3)cc2NC1=O. The summed E-state index contributed by atoms with van der Waals surface area (Å²) in [6, 6.07) is 9.03. The lowest BCUT2D eigenvalue weighted by molar-refractivity contribution is -0.122. The second-order valence-electron chi connectivity index (χ2n) is 6.92. The molecule has 2 aliphatic rings. The predicted molar refractivity (Wildman–Crippen MR) is 104 cm³/mol. The van der Waals surface area contributed by atoms with Crippen molar-refractivity contribution < 1.29 is 14.3 Å². The first kappa shape index (κ1) is 17.8. The molecule has 2 aliphatic heterocycles. The van der Waals surface area contributed by atoms with Crippen molar-refractivity contribution >= 4 is 34.7 Å². The van der Waals surface area contributed by atoms with E-state index in [1.807, 2.05) is 12.1 Å². The largest absolute Gasteiger partial charge is 0.479 e. The number of fused-ring (bicyclic) bond motifs is 1. The minimum absolute atomic E-state index is 0.0317. The molecule has 6 nitrogen and oxygen atoms in total. The van der Waals surface area contributed by atoms with Crippen molar-refractivity contribution in [3.8, 4) is 5.75 Å². The fraction of sp³-hybridized carbons (Fsp3) is 0.350. The van der Waals surface area contributed by atoms with Crippen LogP contribution in [0.1, 0.15) is 30.1 Å². The number of nitrogens with one attached hydrogen (secondary N) is 1. The topological polar surface area (TPSA) is 71.5 Å². The van der Waals surface area contributed by atoms with Crippen LogP contribution in [0.5, 0.6) is 5.75 Å². The van der Waals surface area contributed by atoms with Crippen LogP contribution < -0.4 is 15.0 Å². The second-order valence-corrected chi connectivity index (χ2v) is 7.31. The average Bonchev–Trinajstić information content (AvgIpc) is 2.68. The van der Waals surface area contributed by atoms with E-state index in [0.717, 1.165) is 31.6 Å². The maximum absolute atomic E-state index is 12.9. The summed E-state index contributed by atoms with van der Waals surface area (Å²) in [5.41, 5.74) is 2.20. The van der Waals surface area contributed by atoms with E-state index in [2.05, 4.69) is 15.2 Å². The van der Waals surface area contributed by atoms with E-state index in [0.29, 0.717) is 22.2 Å². The Labute approximate surface area is 162 Å². The van der Waals surface area contributed by atoms with Crippen molar-refractivity contribution in [3.63, 3.8) is 0 Å². The van der Waals surface area contributed by atoms with Crippen LogP contribution in [0.4, 0.5) is 11.4 Å². The third kappa shape index (κ3) is 3.62.